The summed E-state index contributed by atoms with van der Waals surface area (Å²) in [6.45, 7) is 4.98. The van der Waals surface area contributed by atoms with Gasteiger partial charge in [-0.15, -0.1) is 11.3 Å². The number of nitriles is 1. The molecule has 0 amide bonds. The van der Waals surface area contributed by atoms with Gasteiger partial charge in [0.2, 0.25) is 0 Å². The monoisotopic (exact) mass is 495 g/mol. The summed E-state index contributed by atoms with van der Waals surface area (Å²) in [6, 6.07) is 16.3. The summed E-state index contributed by atoms with van der Waals surface area (Å²) in [5, 5.41) is 20.6. The Morgan fingerprint density at radius 3 is 2.87 bits per heavy atom. The third kappa shape index (κ3) is 4.82. The summed E-state index contributed by atoms with van der Waals surface area (Å²) in [4.78, 5) is 8.25. The van der Waals surface area contributed by atoms with Crippen LogP contribution in [0.15, 0.2) is 51.9 Å². The third-order valence-electron chi connectivity index (χ3n) is 5.16. The Morgan fingerprint density at radius 1 is 1.32 bits per heavy atom. The van der Waals surface area contributed by atoms with Crippen LogP contribution in [-0.4, -0.2) is 29.4 Å². The minimum atomic E-state index is 0.0711. The molecule has 5 nitrogen and oxygen atoms in total. The molecule has 3 aromatic rings. The minimum Gasteiger partial charge on any atom is -0.503 e. The largest absolute Gasteiger partial charge is 0.503 e. The highest BCUT2D eigenvalue weighted by molar-refractivity contribution is 9.10. The van der Waals surface area contributed by atoms with E-state index < -0.39 is 0 Å². The van der Waals surface area contributed by atoms with Gasteiger partial charge in [0.1, 0.15) is 11.1 Å². The Kier molecular flexibility index (Phi) is 6.71. The highest BCUT2D eigenvalue weighted by Crippen LogP contribution is 2.39. The number of nitrogens with zero attached hydrogens (tertiary/aromatic N) is 3. The fourth-order valence-corrected chi connectivity index (χ4v) is 5.34. The predicted molar refractivity (Wildman–Crippen MR) is 128 cm³/mol. The second-order valence-electron chi connectivity index (χ2n) is 7.28. The van der Waals surface area contributed by atoms with Crippen LogP contribution >= 0.6 is 27.3 Å². The van der Waals surface area contributed by atoms with E-state index in [1.165, 1.54) is 10.4 Å². The molecule has 0 spiro atoms. The van der Waals surface area contributed by atoms with Gasteiger partial charge in [0.05, 0.1) is 16.6 Å². The molecule has 1 aliphatic heterocycles. The van der Waals surface area contributed by atoms with Crippen molar-refractivity contribution in [1.29, 1.82) is 5.26 Å². The molecule has 1 aromatic heterocycles. The highest BCUT2D eigenvalue weighted by atomic mass is 79.9. The van der Waals surface area contributed by atoms with Crippen LogP contribution in [0.5, 0.6) is 11.5 Å². The van der Waals surface area contributed by atoms with Crippen molar-refractivity contribution in [2.24, 2.45) is 4.99 Å². The van der Waals surface area contributed by atoms with Gasteiger partial charge in [-0.25, -0.2) is 4.99 Å². The molecule has 0 saturated heterocycles. The molecule has 0 fully saturated rings. The summed E-state index contributed by atoms with van der Waals surface area (Å²) in [6.07, 6.45) is 2.57. The van der Waals surface area contributed by atoms with E-state index in [-0.39, 0.29) is 5.75 Å². The molecule has 31 heavy (non-hydrogen) atoms. The maximum Gasteiger partial charge on any atom is 0.172 e. The molecule has 4 rings (SSSR count). The van der Waals surface area contributed by atoms with Gasteiger partial charge < -0.3 is 9.84 Å². The van der Waals surface area contributed by atoms with Gasteiger partial charge in [-0.2, -0.15) is 5.26 Å². The lowest BCUT2D eigenvalue weighted by molar-refractivity contribution is 0.249. The summed E-state index contributed by atoms with van der Waals surface area (Å²) < 4.78 is 6.03. The second kappa shape index (κ2) is 9.65. The third-order valence-corrected chi connectivity index (χ3v) is 6.89. The van der Waals surface area contributed by atoms with Gasteiger partial charge in [-0.3, -0.25) is 4.90 Å². The molecule has 2 aromatic carbocycles. The number of hydrogen-bond donors (Lipinski definition) is 1. The highest BCUT2D eigenvalue weighted by Gasteiger charge is 2.24. The second-order valence-corrected chi connectivity index (χ2v) is 9.22. The van der Waals surface area contributed by atoms with E-state index in [1.807, 2.05) is 13.0 Å². The Labute approximate surface area is 194 Å². The first kappa shape index (κ1) is 21.6. The van der Waals surface area contributed by atoms with Crippen LogP contribution < -0.4 is 4.74 Å². The molecule has 0 unspecified atom stereocenters. The number of benzene rings is 2. The number of phenolic OH excluding ortho intramolecular Hbond substituents is 1. The van der Waals surface area contributed by atoms with Crippen molar-refractivity contribution in [3.05, 3.63) is 74.1 Å². The molecule has 1 aliphatic rings. The molecule has 0 bridgehead atoms. The lowest BCUT2D eigenvalue weighted by Crippen LogP contribution is -2.29. The number of phenols is 1. The maximum absolute atomic E-state index is 10.1. The molecule has 1 N–H and O–H groups in total. The SMILES string of the molecule is CCOc1cc(C=Nc2sc3c(c2C#N)CCN(Cc2ccccc2)C3)cc(Br)c1O. The fourth-order valence-electron chi connectivity index (χ4n) is 3.69. The Hall–Kier alpha value is -2.66. The lowest BCUT2D eigenvalue weighted by Gasteiger charge is -2.26. The molecule has 0 saturated carbocycles. The molecular weight excluding hydrogens is 474 g/mol. The van der Waals surface area contributed by atoms with Crippen molar-refractivity contribution in [1.82, 2.24) is 4.90 Å². The summed E-state index contributed by atoms with van der Waals surface area (Å²) >= 11 is 4.94. The predicted octanol–water partition coefficient (Wildman–Crippen LogP) is 5.80. The number of aliphatic imine (C=N–C) groups is 1. The topological polar surface area (TPSA) is 68.8 Å². The van der Waals surface area contributed by atoms with E-state index in [2.05, 4.69) is 56.2 Å². The zero-order chi connectivity index (χ0) is 21.8. The Morgan fingerprint density at radius 2 is 2.13 bits per heavy atom. The normalized spacial score (nSPS) is 13.8. The number of rotatable bonds is 6. The zero-order valence-electron chi connectivity index (χ0n) is 17.1. The van der Waals surface area contributed by atoms with Crippen molar-refractivity contribution < 1.29 is 9.84 Å². The van der Waals surface area contributed by atoms with Crippen molar-refractivity contribution in [2.75, 3.05) is 13.2 Å². The van der Waals surface area contributed by atoms with Gasteiger partial charge in [0, 0.05) is 30.7 Å². The van der Waals surface area contributed by atoms with Crippen molar-refractivity contribution in [2.45, 2.75) is 26.4 Å². The average Bonchev–Trinajstić information content (AvgIpc) is 3.13. The van der Waals surface area contributed by atoms with Crippen LogP contribution in [-0.2, 0) is 19.5 Å². The molecular formula is C24H22BrN3O2S. The van der Waals surface area contributed by atoms with Gasteiger partial charge in [-0.05, 0) is 58.1 Å². The lowest BCUT2D eigenvalue weighted by atomic mass is 10.0. The number of aromatic hydroxyl groups is 1. The summed E-state index contributed by atoms with van der Waals surface area (Å²) in [5.74, 6) is 0.475. The smallest absolute Gasteiger partial charge is 0.172 e. The van der Waals surface area contributed by atoms with Crippen LogP contribution in [0.4, 0.5) is 5.00 Å². The first-order chi connectivity index (χ1) is 15.1. The van der Waals surface area contributed by atoms with Crippen LogP contribution in [0.1, 0.15) is 34.1 Å². The van der Waals surface area contributed by atoms with Crippen LogP contribution in [0, 0.1) is 11.3 Å². The molecule has 7 heteroatoms. The molecule has 158 valence electrons. The summed E-state index contributed by atoms with van der Waals surface area (Å²) in [5.41, 5.74) is 3.89. The molecule has 0 aliphatic carbocycles. The van der Waals surface area contributed by atoms with Gasteiger partial charge in [0.25, 0.3) is 0 Å². The maximum atomic E-state index is 10.1. The van der Waals surface area contributed by atoms with Gasteiger partial charge >= 0.3 is 0 Å². The van der Waals surface area contributed by atoms with E-state index in [9.17, 15) is 10.4 Å². The standard InChI is InChI=1S/C24H22BrN3O2S/c1-2-30-21-11-17(10-20(25)23(21)29)13-27-24-19(12-26)18-8-9-28(15-22(18)31-24)14-16-6-4-3-5-7-16/h3-7,10-11,13,29H,2,8-9,14-15H2,1H3. The van der Waals surface area contributed by atoms with E-state index in [0.29, 0.717) is 22.4 Å². The van der Waals surface area contributed by atoms with E-state index in [1.54, 1.807) is 29.7 Å². The zero-order valence-corrected chi connectivity index (χ0v) is 19.5. The van der Waals surface area contributed by atoms with Crippen LogP contribution in [0.2, 0.25) is 0 Å². The summed E-state index contributed by atoms with van der Waals surface area (Å²) in [7, 11) is 0. The number of fused-ring (bicyclic) bond motifs is 1. The first-order valence-electron chi connectivity index (χ1n) is 10.1. The van der Waals surface area contributed by atoms with Crippen molar-refractivity contribution in [3.8, 4) is 17.6 Å². The van der Waals surface area contributed by atoms with Crippen molar-refractivity contribution in [3.63, 3.8) is 0 Å². The Balaban J connectivity index is 1.57. The first-order valence-corrected chi connectivity index (χ1v) is 11.7. The number of thiophene rings is 1. The number of hydrogen-bond acceptors (Lipinski definition) is 6. The Bertz CT molecular complexity index is 1150. The van der Waals surface area contributed by atoms with Crippen LogP contribution in [0.25, 0.3) is 0 Å². The molecule has 2 heterocycles. The van der Waals surface area contributed by atoms with Gasteiger partial charge in [-0.1, -0.05) is 30.3 Å². The molecule has 0 radical (unpaired) electrons. The van der Waals surface area contributed by atoms with E-state index in [0.717, 1.165) is 42.2 Å². The fraction of sp³-hybridized carbons (Fsp3) is 0.250. The van der Waals surface area contributed by atoms with E-state index >= 15 is 0 Å². The quantitative estimate of drug-likeness (QED) is 0.439. The minimum absolute atomic E-state index is 0.0711. The van der Waals surface area contributed by atoms with Crippen molar-refractivity contribution >= 4 is 38.5 Å². The van der Waals surface area contributed by atoms with Crippen LogP contribution in [0.3, 0.4) is 0 Å². The van der Waals surface area contributed by atoms with Gasteiger partial charge in [0.15, 0.2) is 11.5 Å². The number of ether oxygens (including phenoxy) is 1. The number of halogens is 1. The average molecular weight is 496 g/mol. The van der Waals surface area contributed by atoms with E-state index in [4.69, 9.17) is 4.74 Å². The molecule has 0 atom stereocenters.